The molecule has 2 aliphatic heterocycles. The predicted molar refractivity (Wildman–Crippen MR) is 115 cm³/mol. The first-order chi connectivity index (χ1) is 14.2. The van der Waals surface area contributed by atoms with Gasteiger partial charge in [0.15, 0.2) is 5.11 Å². The van der Waals surface area contributed by atoms with E-state index in [1.165, 1.54) is 0 Å². The van der Waals surface area contributed by atoms with Crippen LogP contribution in [0, 0.1) is 6.92 Å². The van der Waals surface area contributed by atoms with Crippen molar-refractivity contribution in [3.63, 3.8) is 0 Å². The van der Waals surface area contributed by atoms with Crippen LogP contribution in [0.3, 0.4) is 0 Å². The fraction of sp³-hybridized carbons (Fsp3) is 0.526. The molecule has 2 aliphatic rings. The normalized spacial score (nSPS) is 17.3. The molecule has 0 spiro atoms. The molecular weight excluding hydrogens is 392 g/mol. The Labute approximate surface area is 175 Å². The monoisotopic (exact) mass is 418 g/mol. The van der Waals surface area contributed by atoms with Crippen molar-refractivity contribution in [2.45, 2.75) is 13.5 Å². The number of nitrogens with one attached hydrogen (secondary N) is 2. The minimum Gasteiger partial charge on any atom is -0.465 e. The number of morpholine rings is 2. The number of aryl methyl sites for hydroxylation is 1. The van der Waals surface area contributed by atoms with Gasteiger partial charge in [0, 0.05) is 32.2 Å². The lowest BCUT2D eigenvalue weighted by atomic mass is 10.3. The standard InChI is InChI=1S/C19H26N6O3S/c1-14-2-3-15(28-14)13-20-19(29)23-18-21-16(24-4-8-26-9-5-24)12-17(22-18)25-6-10-27-11-7-25/h2-3,12H,4-11,13H2,1H3,(H2,20,21,22,23,29). The number of nitrogens with zero attached hydrogens (tertiary/aromatic N) is 4. The van der Waals surface area contributed by atoms with Gasteiger partial charge in [0.05, 0.1) is 33.0 Å². The summed E-state index contributed by atoms with van der Waals surface area (Å²) in [4.78, 5) is 13.8. The summed E-state index contributed by atoms with van der Waals surface area (Å²) in [5.41, 5.74) is 0. The van der Waals surface area contributed by atoms with Crippen molar-refractivity contribution in [2.24, 2.45) is 0 Å². The van der Waals surface area contributed by atoms with E-state index >= 15 is 0 Å². The van der Waals surface area contributed by atoms with Gasteiger partial charge in [-0.3, -0.25) is 0 Å². The zero-order valence-electron chi connectivity index (χ0n) is 16.5. The molecule has 0 aromatic carbocycles. The molecular formula is C19H26N6O3S. The molecule has 29 heavy (non-hydrogen) atoms. The number of hydrogen-bond donors (Lipinski definition) is 2. The number of aromatic nitrogens is 2. The quantitative estimate of drug-likeness (QED) is 0.697. The molecule has 2 aromatic heterocycles. The SMILES string of the molecule is Cc1ccc(CNC(=S)Nc2nc(N3CCOCC3)cc(N3CCOCC3)n2)o1. The first-order valence-corrected chi connectivity index (χ1v) is 10.2. The summed E-state index contributed by atoms with van der Waals surface area (Å²) in [6.45, 7) is 8.42. The Balaban J connectivity index is 1.48. The van der Waals surface area contributed by atoms with Gasteiger partial charge in [0.25, 0.3) is 0 Å². The van der Waals surface area contributed by atoms with E-state index in [0.717, 1.165) is 49.3 Å². The molecule has 156 valence electrons. The van der Waals surface area contributed by atoms with E-state index < -0.39 is 0 Å². The lowest BCUT2D eigenvalue weighted by Crippen LogP contribution is -2.39. The molecule has 2 saturated heterocycles. The van der Waals surface area contributed by atoms with Gasteiger partial charge < -0.3 is 34.3 Å². The lowest BCUT2D eigenvalue weighted by molar-refractivity contribution is 0.122. The maximum Gasteiger partial charge on any atom is 0.232 e. The molecule has 0 aliphatic carbocycles. The van der Waals surface area contributed by atoms with Crippen LogP contribution < -0.4 is 20.4 Å². The van der Waals surface area contributed by atoms with Gasteiger partial charge in [-0.25, -0.2) is 0 Å². The maximum absolute atomic E-state index is 5.56. The second-order valence-electron chi connectivity index (χ2n) is 6.93. The van der Waals surface area contributed by atoms with Crippen molar-refractivity contribution in [3.05, 3.63) is 29.7 Å². The Hall–Kier alpha value is -2.43. The van der Waals surface area contributed by atoms with Crippen LogP contribution in [-0.4, -0.2) is 67.7 Å². The number of anilines is 3. The number of hydrogen-bond acceptors (Lipinski definition) is 8. The van der Waals surface area contributed by atoms with Crippen molar-refractivity contribution >= 4 is 34.9 Å². The van der Waals surface area contributed by atoms with E-state index in [0.29, 0.717) is 44.0 Å². The van der Waals surface area contributed by atoms with Crippen molar-refractivity contribution in [2.75, 3.05) is 67.7 Å². The molecule has 0 amide bonds. The highest BCUT2D eigenvalue weighted by Crippen LogP contribution is 2.23. The van der Waals surface area contributed by atoms with E-state index in [9.17, 15) is 0 Å². The molecule has 0 bridgehead atoms. The number of furan rings is 1. The number of ether oxygens (including phenoxy) is 2. The molecule has 0 unspecified atom stereocenters. The largest absolute Gasteiger partial charge is 0.465 e. The Morgan fingerprint density at radius 1 is 1.00 bits per heavy atom. The molecule has 0 radical (unpaired) electrons. The van der Waals surface area contributed by atoms with Gasteiger partial charge >= 0.3 is 0 Å². The zero-order valence-corrected chi connectivity index (χ0v) is 17.3. The summed E-state index contributed by atoms with van der Waals surface area (Å²) in [6.07, 6.45) is 0. The van der Waals surface area contributed by atoms with E-state index in [2.05, 4.69) is 20.4 Å². The Kier molecular flexibility index (Phi) is 6.43. The van der Waals surface area contributed by atoms with Crippen LogP contribution in [0.25, 0.3) is 0 Å². The fourth-order valence-electron chi connectivity index (χ4n) is 3.28. The number of rotatable bonds is 5. The highest BCUT2D eigenvalue weighted by atomic mass is 32.1. The van der Waals surface area contributed by atoms with Crippen molar-refractivity contribution in [1.82, 2.24) is 15.3 Å². The summed E-state index contributed by atoms with van der Waals surface area (Å²) in [7, 11) is 0. The van der Waals surface area contributed by atoms with E-state index in [1.54, 1.807) is 0 Å². The minimum atomic E-state index is 0.450. The molecule has 2 aromatic rings. The highest BCUT2D eigenvalue weighted by Gasteiger charge is 2.19. The molecule has 0 saturated carbocycles. The predicted octanol–water partition coefficient (Wildman–Crippen LogP) is 1.54. The summed E-state index contributed by atoms with van der Waals surface area (Å²) in [6, 6.07) is 5.89. The minimum absolute atomic E-state index is 0.450. The molecule has 2 fully saturated rings. The van der Waals surface area contributed by atoms with Crippen LogP contribution in [-0.2, 0) is 16.0 Å². The van der Waals surface area contributed by atoms with E-state index in [-0.39, 0.29) is 0 Å². The Bertz CT molecular complexity index is 797. The summed E-state index contributed by atoms with van der Waals surface area (Å²) < 4.78 is 16.5. The van der Waals surface area contributed by atoms with Crippen LogP contribution in [0.1, 0.15) is 11.5 Å². The van der Waals surface area contributed by atoms with Crippen molar-refractivity contribution in [3.8, 4) is 0 Å². The highest BCUT2D eigenvalue weighted by molar-refractivity contribution is 7.80. The van der Waals surface area contributed by atoms with Gasteiger partial charge in [-0.1, -0.05) is 0 Å². The van der Waals surface area contributed by atoms with Crippen LogP contribution in [0.15, 0.2) is 22.6 Å². The molecule has 10 heteroatoms. The van der Waals surface area contributed by atoms with Gasteiger partial charge in [-0.2, -0.15) is 9.97 Å². The summed E-state index contributed by atoms with van der Waals surface area (Å²) in [5, 5.41) is 6.71. The fourth-order valence-corrected chi connectivity index (χ4v) is 3.44. The van der Waals surface area contributed by atoms with E-state index in [1.807, 2.05) is 25.1 Å². The van der Waals surface area contributed by atoms with Crippen LogP contribution in [0.4, 0.5) is 17.6 Å². The first kappa shape index (κ1) is 19.9. The Morgan fingerprint density at radius 3 is 2.10 bits per heavy atom. The third-order valence-electron chi connectivity index (χ3n) is 4.81. The molecule has 4 heterocycles. The average molecular weight is 419 g/mol. The second-order valence-corrected chi connectivity index (χ2v) is 7.34. The van der Waals surface area contributed by atoms with Gasteiger partial charge in [0.1, 0.15) is 23.2 Å². The third-order valence-corrected chi connectivity index (χ3v) is 5.06. The first-order valence-electron chi connectivity index (χ1n) is 9.82. The Morgan fingerprint density at radius 2 is 1.59 bits per heavy atom. The van der Waals surface area contributed by atoms with Crippen LogP contribution in [0.5, 0.6) is 0 Å². The lowest BCUT2D eigenvalue weighted by Gasteiger charge is -2.31. The molecule has 2 N–H and O–H groups in total. The zero-order chi connectivity index (χ0) is 20.1. The van der Waals surface area contributed by atoms with Crippen molar-refractivity contribution in [1.29, 1.82) is 0 Å². The molecule has 4 rings (SSSR count). The third kappa shape index (κ3) is 5.34. The van der Waals surface area contributed by atoms with Gasteiger partial charge in [-0.05, 0) is 31.3 Å². The topological polar surface area (TPSA) is 87.9 Å². The molecule has 0 atom stereocenters. The maximum atomic E-state index is 5.56. The molecule has 9 nitrogen and oxygen atoms in total. The van der Waals surface area contributed by atoms with Gasteiger partial charge in [-0.15, -0.1) is 0 Å². The van der Waals surface area contributed by atoms with Crippen LogP contribution in [0.2, 0.25) is 0 Å². The second kappa shape index (κ2) is 9.38. The smallest absolute Gasteiger partial charge is 0.232 e. The number of thiocarbonyl (C=S) groups is 1. The summed E-state index contributed by atoms with van der Waals surface area (Å²) in [5.74, 6) is 3.91. The van der Waals surface area contributed by atoms with Crippen LogP contribution >= 0.6 is 12.2 Å². The average Bonchev–Trinajstić information content (AvgIpc) is 3.18. The van der Waals surface area contributed by atoms with Gasteiger partial charge in [0.2, 0.25) is 5.95 Å². The summed E-state index contributed by atoms with van der Waals surface area (Å²) >= 11 is 5.43. The van der Waals surface area contributed by atoms with E-state index in [4.69, 9.17) is 36.1 Å². The van der Waals surface area contributed by atoms with Crippen molar-refractivity contribution < 1.29 is 13.9 Å².